The standard InChI is InChI=1S/C18H28N2O3/c1-20(16-9-11-19-14-16)18(21)4-3-12-23-17-7-5-15(6-8-17)10-13-22-2/h5-8,16,19H,3-4,9-14H2,1-2H3. The van der Waals surface area contributed by atoms with Crippen molar-refractivity contribution in [1.82, 2.24) is 10.2 Å². The lowest BCUT2D eigenvalue weighted by Gasteiger charge is -2.23. The number of carbonyl (C=O) groups excluding carboxylic acids is 1. The number of amides is 1. The number of hydrogen-bond donors (Lipinski definition) is 1. The van der Waals surface area contributed by atoms with Crippen molar-refractivity contribution in [2.75, 3.05) is 40.5 Å². The third-order valence-electron chi connectivity index (χ3n) is 4.30. The summed E-state index contributed by atoms with van der Waals surface area (Å²) in [6.45, 7) is 3.21. The van der Waals surface area contributed by atoms with Crippen molar-refractivity contribution >= 4 is 5.91 Å². The second-order valence-corrected chi connectivity index (χ2v) is 5.99. The van der Waals surface area contributed by atoms with E-state index in [0.29, 0.717) is 19.1 Å². The second kappa shape index (κ2) is 9.53. The number of nitrogens with one attached hydrogen (secondary N) is 1. The Labute approximate surface area is 139 Å². The summed E-state index contributed by atoms with van der Waals surface area (Å²) in [5.74, 6) is 1.06. The van der Waals surface area contributed by atoms with Crippen LogP contribution in [0.5, 0.6) is 5.75 Å². The van der Waals surface area contributed by atoms with E-state index in [-0.39, 0.29) is 5.91 Å². The monoisotopic (exact) mass is 320 g/mol. The van der Waals surface area contributed by atoms with Crippen molar-refractivity contribution in [3.8, 4) is 5.75 Å². The first-order valence-corrected chi connectivity index (χ1v) is 8.37. The van der Waals surface area contributed by atoms with Crippen LogP contribution in [-0.2, 0) is 16.0 Å². The number of rotatable bonds is 9. The van der Waals surface area contributed by atoms with Gasteiger partial charge in [-0.2, -0.15) is 0 Å². The highest BCUT2D eigenvalue weighted by Gasteiger charge is 2.22. The number of ether oxygens (including phenoxy) is 2. The van der Waals surface area contributed by atoms with Crippen LogP contribution in [0.3, 0.4) is 0 Å². The molecule has 0 saturated carbocycles. The topological polar surface area (TPSA) is 50.8 Å². The van der Waals surface area contributed by atoms with E-state index in [1.165, 1.54) is 5.56 Å². The lowest BCUT2D eigenvalue weighted by molar-refractivity contribution is -0.131. The molecule has 1 aromatic carbocycles. The molecule has 128 valence electrons. The van der Waals surface area contributed by atoms with Crippen LogP contribution in [-0.4, -0.2) is 57.3 Å². The van der Waals surface area contributed by atoms with Crippen LogP contribution in [0.2, 0.25) is 0 Å². The van der Waals surface area contributed by atoms with Crippen molar-refractivity contribution in [3.05, 3.63) is 29.8 Å². The molecule has 1 saturated heterocycles. The Kier molecular flexibility index (Phi) is 7.36. The van der Waals surface area contributed by atoms with Crippen molar-refractivity contribution in [2.24, 2.45) is 0 Å². The molecule has 1 aliphatic heterocycles. The van der Waals surface area contributed by atoms with E-state index in [0.717, 1.165) is 44.7 Å². The van der Waals surface area contributed by atoms with Crippen LogP contribution in [0.4, 0.5) is 0 Å². The summed E-state index contributed by atoms with van der Waals surface area (Å²) in [5, 5.41) is 3.29. The molecule has 0 radical (unpaired) electrons. The Hall–Kier alpha value is -1.59. The molecule has 5 nitrogen and oxygen atoms in total. The predicted molar refractivity (Wildman–Crippen MR) is 90.8 cm³/mol. The van der Waals surface area contributed by atoms with E-state index < -0.39 is 0 Å². The second-order valence-electron chi connectivity index (χ2n) is 5.99. The minimum absolute atomic E-state index is 0.206. The molecule has 0 aliphatic carbocycles. The number of hydrogen-bond acceptors (Lipinski definition) is 4. The fourth-order valence-electron chi connectivity index (χ4n) is 2.74. The maximum Gasteiger partial charge on any atom is 0.222 e. The molecule has 1 heterocycles. The summed E-state index contributed by atoms with van der Waals surface area (Å²) >= 11 is 0. The minimum Gasteiger partial charge on any atom is -0.494 e. The van der Waals surface area contributed by atoms with Gasteiger partial charge in [0.15, 0.2) is 0 Å². The van der Waals surface area contributed by atoms with Gasteiger partial charge >= 0.3 is 0 Å². The molecule has 1 atom stereocenters. The van der Waals surface area contributed by atoms with Crippen LogP contribution < -0.4 is 10.1 Å². The van der Waals surface area contributed by atoms with Crippen molar-refractivity contribution < 1.29 is 14.3 Å². The summed E-state index contributed by atoms with van der Waals surface area (Å²) < 4.78 is 10.8. The van der Waals surface area contributed by atoms with Gasteiger partial charge in [0, 0.05) is 33.2 Å². The highest BCUT2D eigenvalue weighted by molar-refractivity contribution is 5.76. The number of likely N-dealkylation sites (N-methyl/N-ethyl adjacent to an activating group) is 1. The average molecular weight is 320 g/mol. The van der Waals surface area contributed by atoms with Crippen LogP contribution in [0.1, 0.15) is 24.8 Å². The van der Waals surface area contributed by atoms with Crippen molar-refractivity contribution in [2.45, 2.75) is 31.7 Å². The van der Waals surface area contributed by atoms with E-state index in [1.54, 1.807) is 7.11 Å². The summed E-state index contributed by atoms with van der Waals surface area (Å²) in [5.41, 5.74) is 1.24. The molecule has 0 bridgehead atoms. The largest absolute Gasteiger partial charge is 0.494 e. The zero-order chi connectivity index (χ0) is 16.5. The molecule has 0 spiro atoms. The maximum atomic E-state index is 12.1. The van der Waals surface area contributed by atoms with E-state index in [9.17, 15) is 4.79 Å². The zero-order valence-corrected chi connectivity index (χ0v) is 14.2. The molecule has 2 rings (SSSR count). The average Bonchev–Trinajstić information content (AvgIpc) is 3.11. The maximum absolute atomic E-state index is 12.1. The van der Waals surface area contributed by atoms with Gasteiger partial charge in [0.1, 0.15) is 5.75 Å². The van der Waals surface area contributed by atoms with Crippen LogP contribution in [0, 0.1) is 0 Å². The Morgan fingerprint density at radius 2 is 2.09 bits per heavy atom. The molecule has 0 aromatic heterocycles. The van der Waals surface area contributed by atoms with Crippen molar-refractivity contribution in [1.29, 1.82) is 0 Å². The Balaban J connectivity index is 1.63. The molecular weight excluding hydrogens is 292 g/mol. The van der Waals surface area contributed by atoms with Gasteiger partial charge in [-0.05, 0) is 43.5 Å². The molecular formula is C18H28N2O3. The molecule has 1 aromatic rings. The van der Waals surface area contributed by atoms with Crippen LogP contribution in [0.15, 0.2) is 24.3 Å². The fourth-order valence-corrected chi connectivity index (χ4v) is 2.74. The first-order chi connectivity index (χ1) is 11.2. The van der Waals surface area contributed by atoms with Gasteiger partial charge in [-0.3, -0.25) is 4.79 Å². The normalized spacial score (nSPS) is 17.2. The number of carbonyl (C=O) groups is 1. The molecule has 1 amide bonds. The summed E-state index contributed by atoms with van der Waals surface area (Å²) in [4.78, 5) is 14.0. The van der Waals surface area contributed by atoms with E-state index in [1.807, 2.05) is 24.1 Å². The third kappa shape index (κ3) is 5.84. The molecule has 1 N–H and O–H groups in total. The molecule has 1 fully saturated rings. The summed E-state index contributed by atoms with van der Waals surface area (Å²) in [6, 6.07) is 8.41. The molecule has 5 heteroatoms. The van der Waals surface area contributed by atoms with Gasteiger partial charge in [0.25, 0.3) is 0 Å². The van der Waals surface area contributed by atoms with Crippen LogP contribution in [0.25, 0.3) is 0 Å². The van der Waals surface area contributed by atoms with E-state index in [2.05, 4.69) is 17.4 Å². The smallest absolute Gasteiger partial charge is 0.222 e. The highest BCUT2D eigenvalue weighted by atomic mass is 16.5. The van der Waals surface area contributed by atoms with E-state index >= 15 is 0 Å². The van der Waals surface area contributed by atoms with Crippen LogP contribution >= 0.6 is 0 Å². The molecule has 23 heavy (non-hydrogen) atoms. The minimum atomic E-state index is 0.206. The van der Waals surface area contributed by atoms with Crippen molar-refractivity contribution in [3.63, 3.8) is 0 Å². The number of nitrogens with zero attached hydrogens (tertiary/aromatic N) is 1. The van der Waals surface area contributed by atoms with Gasteiger partial charge in [-0.1, -0.05) is 12.1 Å². The number of benzene rings is 1. The highest BCUT2D eigenvalue weighted by Crippen LogP contribution is 2.14. The van der Waals surface area contributed by atoms with Gasteiger partial charge in [-0.15, -0.1) is 0 Å². The first-order valence-electron chi connectivity index (χ1n) is 8.37. The lowest BCUT2D eigenvalue weighted by Crippen LogP contribution is -2.38. The molecule has 1 unspecified atom stereocenters. The summed E-state index contributed by atoms with van der Waals surface area (Å²) in [7, 11) is 3.61. The summed E-state index contributed by atoms with van der Waals surface area (Å²) in [6.07, 6.45) is 3.25. The third-order valence-corrected chi connectivity index (χ3v) is 4.30. The SMILES string of the molecule is COCCc1ccc(OCCCC(=O)N(C)C2CCNC2)cc1. The first kappa shape index (κ1) is 17.8. The quantitative estimate of drug-likeness (QED) is 0.706. The van der Waals surface area contributed by atoms with E-state index in [4.69, 9.17) is 9.47 Å². The molecule has 1 aliphatic rings. The fraction of sp³-hybridized carbons (Fsp3) is 0.611. The Morgan fingerprint density at radius 1 is 1.30 bits per heavy atom. The Morgan fingerprint density at radius 3 is 2.74 bits per heavy atom. The van der Waals surface area contributed by atoms with Gasteiger partial charge in [-0.25, -0.2) is 0 Å². The van der Waals surface area contributed by atoms with Gasteiger partial charge in [0.2, 0.25) is 5.91 Å². The van der Waals surface area contributed by atoms with Gasteiger partial charge < -0.3 is 19.7 Å². The number of methoxy groups -OCH3 is 1. The Bertz CT molecular complexity index is 470. The zero-order valence-electron chi connectivity index (χ0n) is 14.2. The predicted octanol–water partition coefficient (Wildman–Crippen LogP) is 1.85. The lowest BCUT2D eigenvalue weighted by atomic mass is 10.1. The van der Waals surface area contributed by atoms with Gasteiger partial charge in [0.05, 0.1) is 13.2 Å².